The minimum absolute atomic E-state index is 0.573. The first-order valence-corrected chi connectivity index (χ1v) is 6.83. The van der Waals surface area contributed by atoms with Crippen LogP contribution >= 0.6 is 11.6 Å². The van der Waals surface area contributed by atoms with E-state index in [0.29, 0.717) is 11.6 Å². The zero-order valence-electron chi connectivity index (χ0n) is 12.0. The number of hydrogen-bond donors (Lipinski definition) is 1. The highest BCUT2D eigenvalue weighted by Crippen LogP contribution is 2.21. The van der Waals surface area contributed by atoms with E-state index in [9.17, 15) is 0 Å². The van der Waals surface area contributed by atoms with E-state index in [1.165, 1.54) is 0 Å². The van der Waals surface area contributed by atoms with Crippen molar-refractivity contribution in [1.29, 1.82) is 0 Å². The summed E-state index contributed by atoms with van der Waals surface area (Å²) in [5.41, 5.74) is 4.84. The van der Waals surface area contributed by atoms with Gasteiger partial charge in [0.2, 0.25) is 0 Å². The molecule has 0 amide bonds. The molecule has 0 saturated heterocycles. The predicted octanol–water partition coefficient (Wildman–Crippen LogP) is 3.48. The third kappa shape index (κ3) is 4.13. The standard InChI is InChI=1S/C16H17ClN2O2/c1-20-15-6-4-3-5-12(15)10-18-19-11-13-9-14(17)7-8-16(13)21-2/h3-9,11,18H,10H2,1-2H3/b19-11-. The zero-order valence-corrected chi connectivity index (χ0v) is 12.7. The number of halogens is 1. The number of nitrogens with one attached hydrogen (secondary N) is 1. The molecule has 0 radical (unpaired) electrons. The highest BCUT2D eigenvalue weighted by molar-refractivity contribution is 6.30. The van der Waals surface area contributed by atoms with Gasteiger partial charge in [-0.05, 0) is 24.3 Å². The van der Waals surface area contributed by atoms with Crippen LogP contribution in [-0.2, 0) is 6.54 Å². The molecule has 0 unspecified atom stereocenters. The Hall–Kier alpha value is -2.20. The molecule has 21 heavy (non-hydrogen) atoms. The van der Waals surface area contributed by atoms with E-state index in [4.69, 9.17) is 21.1 Å². The summed E-state index contributed by atoms with van der Waals surface area (Å²) in [4.78, 5) is 0. The third-order valence-electron chi connectivity index (χ3n) is 2.95. The Morgan fingerprint density at radius 2 is 1.86 bits per heavy atom. The molecule has 0 aliphatic carbocycles. The summed E-state index contributed by atoms with van der Waals surface area (Å²) in [5.74, 6) is 1.56. The predicted molar refractivity (Wildman–Crippen MR) is 85.4 cm³/mol. The van der Waals surface area contributed by atoms with E-state index in [1.54, 1.807) is 32.6 Å². The molecule has 2 rings (SSSR count). The third-order valence-corrected chi connectivity index (χ3v) is 3.18. The highest BCUT2D eigenvalue weighted by atomic mass is 35.5. The molecule has 0 spiro atoms. The Bertz CT molecular complexity index is 629. The second kappa shape index (κ2) is 7.55. The van der Waals surface area contributed by atoms with Gasteiger partial charge in [0, 0.05) is 16.1 Å². The van der Waals surface area contributed by atoms with Crippen LogP contribution in [0.15, 0.2) is 47.6 Å². The van der Waals surface area contributed by atoms with Crippen LogP contribution in [-0.4, -0.2) is 20.4 Å². The molecule has 0 aliphatic rings. The van der Waals surface area contributed by atoms with Crippen LogP contribution in [0.2, 0.25) is 5.02 Å². The topological polar surface area (TPSA) is 42.8 Å². The molecule has 0 fully saturated rings. The average molecular weight is 305 g/mol. The molecule has 0 aliphatic heterocycles. The van der Waals surface area contributed by atoms with Crippen LogP contribution in [0.1, 0.15) is 11.1 Å². The number of ether oxygens (including phenoxy) is 2. The lowest BCUT2D eigenvalue weighted by Gasteiger charge is -2.07. The fourth-order valence-electron chi connectivity index (χ4n) is 1.90. The number of methoxy groups -OCH3 is 2. The molecular formula is C16H17ClN2O2. The summed E-state index contributed by atoms with van der Waals surface area (Å²) in [5, 5.41) is 4.83. The van der Waals surface area contributed by atoms with Crippen molar-refractivity contribution in [2.75, 3.05) is 14.2 Å². The van der Waals surface area contributed by atoms with Crippen molar-refractivity contribution in [1.82, 2.24) is 5.43 Å². The van der Waals surface area contributed by atoms with Crippen molar-refractivity contribution in [3.8, 4) is 11.5 Å². The maximum atomic E-state index is 5.97. The van der Waals surface area contributed by atoms with Gasteiger partial charge in [0.25, 0.3) is 0 Å². The van der Waals surface area contributed by atoms with Gasteiger partial charge in [-0.1, -0.05) is 29.8 Å². The quantitative estimate of drug-likeness (QED) is 0.656. The van der Waals surface area contributed by atoms with Crippen LogP contribution in [0.4, 0.5) is 0 Å². The maximum Gasteiger partial charge on any atom is 0.127 e. The van der Waals surface area contributed by atoms with Crippen LogP contribution < -0.4 is 14.9 Å². The Balaban J connectivity index is 2.01. The second-order valence-corrected chi connectivity index (χ2v) is 4.73. The van der Waals surface area contributed by atoms with Crippen LogP contribution in [0.25, 0.3) is 0 Å². The van der Waals surface area contributed by atoms with Crippen LogP contribution in [0, 0.1) is 0 Å². The summed E-state index contributed by atoms with van der Waals surface area (Å²) in [6.45, 7) is 0.573. The van der Waals surface area contributed by atoms with Crippen molar-refractivity contribution in [3.05, 3.63) is 58.6 Å². The number of hydrogen-bond acceptors (Lipinski definition) is 4. The van der Waals surface area contributed by atoms with Crippen LogP contribution in [0.3, 0.4) is 0 Å². The second-order valence-electron chi connectivity index (χ2n) is 4.29. The van der Waals surface area contributed by atoms with Crippen molar-refractivity contribution in [3.63, 3.8) is 0 Å². The first-order chi connectivity index (χ1) is 10.2. The van der Waals surface area contributed by atoms with Gasteiger partial charge in [-0.25, -0.2) is 0 Å². The fraction of sp³-hybridized carbons (Fsp3) is 0.188. The largest absolute Gasteiger partial charge is 0.496 e. The Labute approximate surface area is 129 Å². The molecule has 1 N–H and O–H groups in total. The lowest BCUT2D eigenvalue weighted by atomic mass is 10.2. The Morgan fingerprint density at radius 1 is 1.10 bits per heavy atom. The molecule has 2 aromatic rings. The van der Waals surface area contributed by atoms with E-state index in [1.807, 2.05) is 30.3 Å². The minimum atomic E-state index is 0.573. The van der Waals surface area contributed by atoms with Gasteiger partial charge in [-0.2, -0.15) is 5.10 Å². The summed E-state index contributed by atoms with van der Waals surface area (Å²) >= 11 is 5.97. The number of benzene rings is 2. The molecule has 2 aromatic carbocycles. The van der Waals surface area contributed by atoms with Crippen molar-refractivity contribution < 1.29 is 9.47 Å². The van der Waals surface area contributed by atoms with E-state index in [2.05, 4.69) is 10.5 Å². The first-order valence-electron chi connectivity index (χ1n) is 6.46. The molecule has 0 atom stereocenters. The molecule has 0 aromatic heterocycles. The summed E-state index contributed by atoms with van der Waals surface area (Å²) in [6, 6.07) is 13.2. The SMILES string of the molecule is COc1ccc(Cl)cc1/C=N\NCc1ccccc1OC. The van der Waals surface area contributed by atoms with Gasteiger partial charge in [0.15, 0.2) is 0 Å². The Kier molecular flexibility index (Phi) is 5.46. The van der Waals surface area contributed by atoms with Crippen LogP contribution in [0.5, 0.6) is 11.5 Å². The van der Waals surface area contributed by atoms with Crippen molar-refractivity contribution >= 4 is 17.8 Å². The summed E-state index contributed by atoms with van der Waals surface area (Å²) in [7, 11) is 3.27. The summed E-state index contributed by atoms with van der Waals surface area (Å²) < 4.78 is 10.5. The zero-order chi connectivity index (χ0) is 15.1. The van der Waals surface area contributed by atoms with Crippen molar-refractivity contribution in [2.24, 2.45) is 5.10 Å². The first kappa shape index (κ1) is 15.2. The lowest BCUT2D eigenvalue weighted by molar-refractivity contribution is 0.408. The van der Waals surface area contributed by atoms with E-state index < -0.39 is 0 Å². The average Bonchev–Trinajstić information content (AvgIpc) is 2.52. The summed E-state index contributed by atoms with van der Waals surface area (Å²) in [6.07, 6.45) is 1.68. The van der Waals surface area contributed by atoms with E-state index in [0.717, 1.165) is 22.6 Å². The van der Waals surface area contributed by atoms with Gasteiger partial charge in [-0.3, -0.25) is 0 Å². The number of hydrazone groups is 1. The van der Waals surface area contributed by atoms with Gasteiger partial charge < -0.3 is 14.9 Å². The fourth-order valence-corrected chi connectivity index (χ4v) is 2.08. The number of para-hydroxylation sites is 1. The van der Waals surface area contributed by atoms with Crippen molar-refractivity contribution in [2.45, 2.75) is 6.54 Å². The monoisotopic (exact) mass is 304 g/mol. The molecule has 4 nitrogen and oxygen atoms in total. The molecule has 0 bridgehead atoms. The highest BCUT2D eigenvalue weighted by Gasteiger charge is 2.02. The molecular weight excluding hydrogens is 288 g/mol. The smallest absolute Gasteiger partial charge is 0.127 e. The molecule has 5 heteroatoms. The van der Waals surface area contributed by atoms with E-state index in [-0.39, 0.29) is 0 Å². The molecule has 0 saturated carbocycles. The maximum absolute atomic E-state index is 5.97. The number of nitrogens with zero attached hydrogens (tertiary/aromatic N) is 1. The van der Waals surface area contributed by atoms with Gasteiger partial charge in [-0.15, -0.1) is 0 Å². The normalized spacial score (nSPS) is 10.6. The Morgan fingerprint density at radius 3 is 2.62 bits per heavy atom. The minimum Gasteiger partial charge on any atom is -0.496 e. The molecule has 110 valence electrons. The van der Waals surface area contributed by atoms with Gasteiger partial charge in [0.1, 0.15) is 11.5 Å². The number of rotatable bonds is 6. The molecule has 0 heterocycles. The van der Waals surface area contributed by atoms with Gasteiger partial charge >= 0.3 is 0 Å². The van der Waals surface area contributed by atoms with Gasteiger partial charge in [0.05, 0.1) is 27.0 Å². The lowest BCUT2D eigenvalue weighted by Crippen LogP contribution is -2.07. The van der Waals surface area contributed by atoms with E-state index >= 15 is 0 Å².